The van der Waals surface area contributed by atoms with Crippen molar-refractivity contribution >= 4 is 66.4 Å². The van der Waals surface area contributed by atoms with Crippen molar-refractivity contribution < 1.29 is 0 Å². The van der Waals surface area contributed by atoms with Gasteiger partial charge in [-0.2, -0.15) is 0 Å². The fourth-order valence-electron chi connectivity index (χ4n) is 10.5. The molecule has 0 nitrogen and oxygen atoms in total. The normalized spacial score (nSPS) is 10.6. The van der Waals surface area contributed by atoms with Crippen LogP contribution in [0.15, 0.2) is 303 Å². The third kappa shape index (κ3) is 12.3. The van der Waals surface area contributed by atoms with Crippen LogP contribution in [0.3, 0.4) is 0 Å². The first-order valence-electron chi connectivity index (χ1n) is 27.9. The molecule has 382 valence electrons. The molecule has 0 fully saturated rings. The van der Waals surface area contributed by atoms with Crippen molar-refractivity contribution in [3.63, 3.8) is 0 Å². The van der Waals surface area contributed by atoms with Gasteiger partial charge in [-0.15, -0.1) is 0 Å². The van der Waals surface area contributed by atoms with Gasteiger partial charge in [-0.3, -0.25) is 0 Å². The summed E-state index contributed by atoms with van der Waals surface area (Å²) in [5, 5.41) is 10.2. The van der Waals surface area contributed by atoms with Crippen LogP contribution < -0.4 is 0 Å². The predicted molar refractivity (Wildman–Crippen MR) is 346 cm³/mol. The van der Waals surface area contributed by atoms with E-state index in [1.54, 1.807) is 0 Å². The van der Waals surface area contributed by atoms with Crippen LogP contribution in [-0.4, -0.2) is 0 Å². The maximum absolute atomic E-state index is 2.33. The van der Waals surface area contributed by atoms with E-state index in [1.165, 1.54) is 127 Å². The van der Waals surface area contributed by atoms with Crippen molar-refractivity contribution in [2.24, 2.45) is 0 Å². The molecule has 0 aliphatic carbocycles. The Hall–Kier alpha value is -9.62. The van der Waals surface area contributed by atoms with Crippen LogP contribution >= 0.6 is 0 Å². The maximum Gasteiger partial charge on any atom is -0.00262 e. The second kappa shape index (κ2) is 25.9. The van der Waals surface area contributed by atoms with E-state index in [4.69, 9.17) is 0 Å². The molecule has 0 radical (unpaired) electrons. The van der Waals surface area contributed by atoms with E-state index >= 15 is 0 Å². The molecule has 79 heavy (non-hydrogen) atoms. The van der Waals surface area contributed by atoms with E-state index in [1.807, 2.05) is 13.8 Å². The van der Waals surface area contributed by atoms with Crippen molar-refractivity contribution in [3.8, 4) is 33.4 Å². The summed E-state index contributed by atoms with van der Waals surface area (Å²) in [5.41, 5.74) is 17.2. The summed E-state index contributed by atoms with van der Waals surface area (Å²) in [6.07, 6.45) is 5.80. The number of hydrogen-bond acceptors (Lipinski definition) is 0. The van der Waals surface area contributed by atoms with Gasteiger partial charge >= 0.3 is 0 Å². The molecule has 0 amide bonds. The van der Waals surface area contributed by atoms with Gasteiger partial charge in [0, 0.05) is 0 Å². The zero-order valence-electron chi connectivity index (χ0n) is 45.7. The highest BCUT2D eigenvalue weighted by atomic mass is 14.2. The summed E-state index contributed by atoms with van der Waals surface area (Å²) in [6.45, 7) is 8.25. The smallest absolute Gasteiger partial charge is 0.00262 e. The molecule has 0 unspecified atom stereocenters. The van der Waals surface area contributed by atoms with Gasteiger partial charge in [0.1, 0.15) is 0 Å². The number of hydrogen-bond donors (Lipinski definition) is 0. The van der Waals surface area contributed by atoms with Gasteiger partial charge in [0.25, 0.3) is 0 Å². The largest absolute Gasteiger partial charge is 0.0683 e. The van der Waals surface area contributed by atoms with Crippen molar-refractivity contribution in [1.29, 1.82) is 0 Å². The number of benzene rings is 13. The minimum Gasteiger partial charge on any atom is -0.0683 e. The number of fused-ring (bicyclic) bond motifs is 4. The lowest BCUT2D eigenvalue weighted by atomic mass is 9.85. The van der Waals surface area contributed by atoms with Gasteiger partial charge in [0.2, 0.25) is 0 Å². The molecule has 13 aromatic rings. The Morgan fingerprint density at radius 1 is 0.253 bits per heavy atom. The van der Waals surface area contributed by atoms with E-state index in [0.717, 1.165) is 0 Å². The summed E-state index contributed by atoms with van der Waals surface area (Å²) in [6, 6.07) is 109. The SMILES string of the molecule is C(=C(c1ccccc1)c1ccccc1)c1ccc(-c2ccc(C=C(c3ccccc3)c3ccccc3)cc2)cc1.CC.CCC.c1ccc2cc(-c3c4ccccc4c(-c4ccc5ccccc5c4)c4ccccc34)ccc2c1. The van der Waals surface area contributed by atoms with E-state index in [-0.39, 0.29) is 0 Å². The first-order chi connectivity index (χ1) is 39.1. The lowest BCUT2D eigenvalue weighted by Crippen LogP contribution is -1.91. The Morgan fingerprint density at radius 3 is 0.785 bits per heavy atom. The molecule has 0 heteroatoms. The Labute approximate surface area is 468 Å². The van der Waals surface area contributed by atoms with Crippen molar-refractivity contribution in [1.82, 2.24) is 0 Å². The molecule has 0 aliphatic heterocycles. The van der Waals surface area contributed by atoms with E-state index in [2.05, 4.69) is 329 Å². The average Bonchev–Trinajstić information content (AvgIpc) is 3.57. The Bertz CT molecular complexity index is 3720. The fourth-order valence-corrected chi connectivity index (χ4v) is 10.5. The second-order valence-electron chi connectivity index (χ2n) is 19.5. The average molecular weight is 1020 g/mol. The third-order valence-corrected chi connectivity index (χ3v) is 14.1. The van der Waals surface area contributed by atoms with Gasteiger partial charge < -0.3 is 0 Å². The van der Waals surface area contributed by atoms with Crippen LogP contribution in [0, 0.1) is 0 Å². The minimum atomic E-state index is 1.18. The second-order valence-corrected chi connectivity index (χ2v) is 19.5. The summed E-state index contributed by atoms with van der Waals surface area (Å²) in [5.74, 6) is 0. The van der Waals surface area contributed by atoms with E-state index < -0.39 is 0 Å². The first kappa shape index (κ1) is 52.8. The third-order valence-electron chi connectivity index (χ3n) is 14.1. The quantitative estimate of drug-likeness (QED) is 0.0998. The highest BCUT2D eigenvalue weighted by Gasteiger charge is 2.17. The molecular weight excluding hydrogens is 949 g/mol. The predicted octanol–water partition coefficient (Wildman–Crippen LogP) is 22.6. The zero-order chi connectivity index (χ0) is 54.2. The molecule has 0 saturated heterocycles. The van der Waals surface area contributed by atoms with Crippen LogP contribution in [-0.2, 0) is 0 Å². The Kier molecular flexibility index (Phi) is 17.3. The molecule has 13 rings (SSSR count). The molecule has 0 aromatic heterocycles. The lowest BCUT2D eigenvalue weighted by molar-refractivity contribution is 1.09. The topological polar surface area (TPSA) is 0 Å². The van der Waals surface area contributed by atoms with Crippen molar-refractivity contribution in [2.75, 3.05) is 0 Å². The van der Waals surface area contributed by atoms with Crippen LogP contribution in [0.5, 0.6) is 0 Å². The van der Waals surface area contributed by atoms with Crippen molar-refractivity contribution in [2.45, 2.75) is 34.1 Å². The first-order valence-corrected chi connectivity index (χ1v) is 27.9. The van der Waals surface area contributed by atoms with E-state index in [0.29, 0.717) is 0 Å². The lowest BCUT2D eigenvalue weighted by Gasteiger charge is -2.18. The van der Waals surface area contributed by atoms with Gasteiger partial charge in [-0.25, -0.2) is 0 Å². The summed E-state index contributed by atoms with van der Waals surface area (Å²) < 4.78 is 0. The number of rotatable bonds is 9. The molecule has 0 heterocycles. The summed E-state index contributed by atoms with van der Waals surface area (Å²) >= 11 is 0. The molecule has 0 spiro atoms. The van der Waals surface area contributed by atoms with Crippen LogP contribution in [0.4, 0.5) is 0 Å². The molecule has 0 N–H and O–H groups in total. The minimum absolute atomic E-state index is 1.18. The highest BCUT2D eigenvalue weighted by Crippen LogP contribution is 2.44. The van der Waals surface area contributed by atoms with Crippen LogP contribution in [0.2, 0.25) is 0 Å². The van der Waals surface area contributed by atoms with Crippen molar-refractivity contribution in [3.05, 3.63) is 337 Å². The van der Waals surface area contributed by atoms with Crippen LogP contribution in [0.1, 0.15) is 67.5 Å². The van der Waals surface area contributed by atoms with Gasteiger partial charge in [0.15, 0.2) is 0 Å². The molecule has 0 saturated carbocycles. The Balaban J connectivity index is 0.000000167. The fraction of sp³-hybridized carbons (Fsp3) is 0.0633. The maximum atomic E-state index is 2.33. The standard InChI is InChI=1S/C40H30.C34H22.C3H8.C2H6/c1-5-13-35(14-6-1)39(36-15-7-2-8-16-36)29-31-21-25-33(26-22-31)34-27-23-32(24-28-34)30-40(37-17-9-3-10-18-37)38-19-11-4-12-20-38;1-3-11-25-21-27(19-17-23(25)9-1)33-29-13-5-7-15-31(29)34(32-16-8-6-14-30(32)33)28-20-18-24-10-2-4-12-26(24)22-28;1-3-2;1-2/h1-30H;1-22H;3H2,1-2H3;1-2H3. The monoisotopic (exact) mass is 1010 g/mol. The van der Waals surface area contributed by atoms with Gasteiger partial charge in [0.05, 0.1) is 0 Å². The van der Waals surface area contributed by atoms with Crippen LogP contribution in [0.25, 0.3) is 99.8 Å². The van der Waals surface area contributed by atoms with E-state index in [9.17, 15) is 0 Å². The Morgan fingerprint density at radius 2 is 0.494 bits per heavy atom. The van der Waals surface area contributed by atoms with Gasteiger partial charge in [-0.1, -0.05) is 325 Å². The summed E-state index contributed by atoms with van der Waals surface area (Å²) in [7, 11) is 0. The molecule has 0 aliphatic rings. The zero-order valence-corrected chi connectivity index (χ0v) is 45.7. The van der Waals surface area contributed by atoms with Gasteiger partial charge in [-0.05, 0) is 145 Å². The summed E-state index contributed by atoms with van der Waals surface area (Å²) in [4.78, 5) is 0. The molecule has 0 atom stereocenters. The molecule has 13 aromatic carbocycles. The highest BCUT2D eigenvalue weighted by molar-refractivity contribution is 6.22. The molecular formula is C79H66. The molecule has 0 bridgehead atoms.